The smallest absolute Gasteiger partial charge is 0.255 e. The van der Waals surface area contributed by atoms with Crippen molar-refractivity contribution < 1.29 is 14.4 Å². The highest BCUT2D eigenvalue weighted by Crippen LogP contribution is 2.13. The van der Waals surface area contributed by atoms with Crippen LogP contribution in [0.25, 0.3) is 0 Å². The molecule has 0 aromatic carbocycles. The molecule has 1 heterocycles. The van der Waals surface area contributed by atoms with E-state index in [2.05, 4.69) is 10.1 Å². The molecular weight excluding hydrogens is 198 g/mol. The van der Waals surface area contributed by atoms with E-state index in [0.29, 0.717) is 32.0 Å². The molecule has 86 valence electrons. The zero-order chi connectivity index (χ0) is 11.1. The van der Waals surface area contributed by atoms with Gasteiger partial charge in [0.25, 0.3) is 5.89 Å². The third kappa shape index (κ3) is 3.94. The maximum absolute atomic E-state index is 9.49. The normalized spacial score (nSPS) is 13.0. The fourth-order valence-corrected chi connectivity index (χ4v) is 1.05. The Bertz CT molecular complexity index is 277. The molecule has 0 saturated carbocycles. The fraction of sp³-hybridized carbons (Fsp3) is 0.778. The maximum Gasteiger partial charge on any atom is 0.255 e. The SMILES string of the molecule is CCCOCc1noc([C@@H](O)CCN)n1. The second-order valence-electron chi connectivity index (χ2n) is 3.19. The van der Waals surface area contributed by atoms with E-state index in [0.717, 1.165) is 6.42 Å². The van der Waals surface area contributed by atoms with E-state index < -0.39 is 6.10 Å². The number of ether oxygens (including phenoxy) is 1. The first-order chi connectivity index (χ1) is 7.27. The number of hydrogen-bond acceptors (Lipinski definition) is 6. The minimum Gasteiger partial charge on any atom is -0.383 e. The Morgan fingerprint density at radius 2 is 2.40 bits per heavy atom. The number of nitrogens with zero attached hydrogens (tertiary/aromatic N) is 2. The molecule has 0 spiro atoms. The summed E-state index contributed by atoms with van der Waals surface area (Å²) in [6.07, 6.45) is 0.584. The van der Waals surface area contributed by atoms with Crippen LogP contribution in [-0.4, -0.2) is 28.4 Å². The highest BCUT2D eigenvalue weighted by atomic mass is 16.5. The van der Waals surface area contributed by atoms with E-state index in [1.54, 1.807) is 0 Å². The predicted molar refractivity (Wildman–Crippen MR) is 52.9 cm³/mol. The highest BCUT2D eigenvalue weighted by molar-refractivity contribution is 4.88. The lowest BCUT2D eigenvalue weighted by molar-refractivity contribution is 0.113. The first-order valence-corrected chi connectivity index (χ1v) is 5.06. The molecule has 0 aliphatic rings. The number of aliphatic hydroxyl groups excluding tert-OH is 1. The van der Waals surface area contributed by atoms with E-state index >= 15 is 0 Å². The van der Waals surface area contributed by atoms with Crippen molar-refractivity contribution in [2.75, 3.05) is 13.2 Å². The van der Waals surface area contributed by atoms with E-state index in [1.165, 1.54) is 0 Å². The predicted octanol–water partition coefficient (Wildman–Crippen LogP) is 0.378. The van der Waals surface area contributed by atoms with Crippen LogP contribution in [0.3, 0.4) is 0 Å². The topological polar surface area (TPSA) is 94.4 Å². The van der Waals surface area contributed by atoms with Crippen LogP contribution in [0.4, 0.5) is 0 Å². The standard InChI is InChI=1S/C9H17N3O3/c1-2-5-14-6-8-11-9(15-12-8)7(13)3-4-10/h7,13H,2-6,10H2,1H3/t7-/m0/s1. The summed E-state index contributed by atoms with van der Waals surface area (Å²) < 4.78 is 10.1. The minimum atomic E-state index is -0.776. The number of hydrogen-bond donors (Lipinski definition) is 2. The van der Waals surface area contributed by atoms with Gasteiger partial charge in [-0.1, -0.05) is 12.1 Å². The van der Waals surface area contributed by atoms with E-state index in [1.807, 2.05) is 6.92 Å². The Morgan fingerprint density at radius 3 is 3.07 bits per heavy atom. The van der Waals surface area contributed by atoms with Gasteiger partial charge < -0.3 is 20.1 Å². The zero-order valence-electron chi connectivity index (χ0n) is 8.85. The average Bonchev–Trinajstić information content (AvgIpc) is 2.67. The van der Waals surface area contributed by atoms with Gasteiger partial charge in [-0.15, -0.1) is 0 Å². The number of nitrogens with two attached hydrogens (primary N) is 1. The molecule has 6 heteroatoms. The first kappa shape index (κ1) is 12.1. The highest BCUT2D eigenvalue weighted by Gasteiger charge is 2.14. The van der Waals surface area contributed by atoms with Crippen molar-refractivity contribution in [1.29, 1.82) is 0 Å². The van der Waals surface area contributed by atoms with E-state index in [-0.39, 0.29) is 5.89 Å². The van der Waals surface area contributed by atoms with Gasteiger partial charge >= 0.3 is 0 Å². The van der Waals surface area contributed by atoms with Crippen LogP contribution < -0.4 is 5.73 Å². The van der Waals surface area contributed by atoms with Crippen molar-refractivity contribution in [2.24, 2.45) is 5.73 Å². The Labute approximate surface area is 88.4 Å². The van der Waals surface area contributed by atoms with Crippen molar-refractivity contribution in [2.45, 2.75) is 32.5 Å². The summed E-state index contributed by atoms with van der Waals surface area (Å²) in [6, 6.07) is 0. The fourth-order valence-electron chi connectivity index (χ4n) is 1.05. The molecule has 3 N–H and O–H groups in total. The van der Waals surface area contributed by atoms with Crippen LogP contribution in [0.5, 0.6) is 0 Å². The lowest BCUT2D eigenvalue weighted by Crippen LogP contribution is -2.07. The van der Waals surface area contributed by atoms with Crippen molar-refractivity contribution in [3.63, 3.8) is 0 Å². The van der Waals surface area contributed by atoms with Gasteiger partial charge in [0.05, 0.1) is 0 Å². The Morgan fingerprint density at radius 1 is 1.60 bits per heavy atom. The molecule has 0 radical (unpaired) electrons. The van der Waals surface area contributed by atoms with Crippen LogP contribution in [0, 0.1) is 0 Å². The van der Waals surface area contributed by atoms with Crippen molar-refractivity contribution >= 4 is 0 Å². The maximum atomic E-state index is 9.49. The van der Waals surface area contributed by atoms with Crippen LogP contribution >= 0.6 is 0 Å². The van der Waals surface area contributed by atoms with Crippen molar-refractivity contribution in [3.05, 3.63) is 11.7 Å². The number of aromatic nitrogens is 2. The third-order valence-electron chi connectivity index (χ3n) is 1.79. The Balaban J connectivity index is 2.41. The number of aliphatic hydroxyl groups is 1. The molecule has 15 heavy (non-hydrogen) atoms. The quantitative estimate of drug-likeness (QED) is 0.638. The van der Waals surface area contributed by atoms with Gasteiger partial charge in [-0.2, -0.15) is 4.98 Å². The van der Waals surface area contributed by atoms with Gasteiger partial charge in [0.2, 0.25) is 0 Å². The molecule has 0 fully saturated rings. The summed E-state index contributed by atoms with van der Waals surface area (Å²) in [6.45, 7) is 3.37. The molecule has 0 amide bonds. The third-order valence-corrected chi connectivity index (χ3v) is 1.79. The Hall–Kier alpha value is -0.980. The lowest BCUT2D eigenvalue weighted by Gasteiger charge is -2.01. The average molecular weight is 215 g/mol. The largest absolute Gasteiger partial charge is 0.383 e. The zero-order valence-corrected chi connectivity index (χ0v) is 8.85. The molecule has 1 aromatic heterocycles. The molecule has 1 aromatic rings. The minimum absolute atomic E-state index is 0.204. The molecule has 0 unspecified atom stereocenters. The van der Waals surface area contributed by atoms with E-state index in [4.69, 9.17) is 15.0 Å². The van der Waals surface area contributed by atoms with Crippen LogP contribution in [-0.2, 0) is 11.3 Å². The lowest BCUT2D eigenvalue weighted by atomic mass is 10.2. The summed E-state index contributed by atoms with van der Waals surface area (Å²) in [5.41, 5.74) is 5.30. The summed E-state index contributed by atoms with van der Waals surface area (Å²) in [7, 11) is 0. The monoisotopic (exact) mass is 215 g/mol. The molecular formula is C9H17N3O3. The van der Waals surface area contributed by atoms with Crippen molar-refractivity contribution in [3.8, 4) is 0 Å². The van der Waals surface area contributed by atoms with Gasteiger partial charge in [-0.05, 0) is 19.4 Å². The number of rotatable bonds is 7. The van der Waals surface area contributed by atoms with Crippen LogP contribution in [0.15, 0.2) is 4.52 Å². The molecule has 1 rings (SSSR count). The van der Waals surface area contributed by atoms with Gasteiger partial charge in [0.1, 0.15) is 12.7 Å². The summed E-state index contributed by atoms with van der Waals surface area (Å²) in [5.74, 6) is 0.657. The second kappa shape index (κ2) is 6.49. The van der Waals surface area contributed by atoms with Gasteiger partial charge in [0, 0.05) is 6.61 Å². The molecule has 6 nitrogen and oxygen atoms in total. The van der Waals surface area contributed by atoms with Crippen molar-refractivity contribution in [1.82, 2.24) is 10.1 Å². The Kier molecular flexibility index (Phi) is 5.23. The van der Waals surface area contributed by atoms with Crippen LogP contribution in [0.2, 0.25) is 0 Å². The van der Waals surface area contributed by atoms with Crippen LogP contribution in [0.1, 0.15) is 37.6 Å². The van der Waals surface area contributed by atoms with Gasteiger partial charge in [-0.3, -0.25) is 0 Å². The summed E-state index contributed by atoms with van der Waals surface area (Å²) >= 11 is 0. The van der Waals surface area contributed by atoms with Gasteiger partial charge in [0.15, 0.2) is 5.82 Å². The summed E-state index contributed by atoms with van der Waals surface area (Å²) in [4.78, 5) is 3.99. The van der Waals surface area contributed by atoms with E-state index in [9.17, 15) is 5.11 Å². The molecule has 0 aliphatic heterocycles. The second-order valence-corrected chi connectivity index (χ2v) is 3.19. The molecule has 0 saturated heterocycles. The first-order valence-electron chi connectivity index (χ1n) is 5.06. The molecule has 0 aliphatic carbocycles. The summed E-state index contributed by atoms with van der Waals surface area (Å²) in [5, 5.41) is 13.2. The molecule has 1 atom stereocenters. The molecule has 0 bridgehead atoms. The van der Waals surface area contributed by atoms with Gasteiger partial charge in [-0.25, -0.2) is 0 Å².